The fourth-order valence-electron chi connectivity index (χ4n) is 2.32. The third kappa shape index (κ3) is 2.69. The van der Waals surface area contributed by atoms with Crippen LogP contribution in [0.15, 0.2) is 27.9 Å². The van der Waals surface area contributed by atoms with Gasteiger partial charge in [-0.2, -0.15) is 24.5 Å². The summed E-state index contributed by atoms with van der Waals surface area (Å²) in [5.41, 5.74) is -0.209. The molecule has 0 spiro atoms. The van der Waals surface area contributed by atoms with Gasteiger partial charge in [-0.1, -0.05) is 6.92 Å². The first-order valence-electron chi connectivity index (χ1n) is 6.84. The number of hydrogen-bond acceptors (Lipinski definition) is 5. The minimum Gasteiger partial charge on any atom is -0.312 e. The van der Waals surface area contributed by atoms with E-state index in [1.165, 1.54) is 28.2 Å². The largest absolute Gasteiger partial charge is 0.417 e. The first kappa shape index (κ1) is 16.9. The topological polar surface area (TPSA) is 64.8 Å². The SMILES string of the molecule is CCS(=O)(=O)c1cscc1-c1nc2cc(C(F)(F)F)cnc2n1C. The van der Waals surface area contributed by atoms with Crippen LogP contribution in [0.4, 0.5) is 13.2 Å². The summed E-state index contributed by atoms with van der Waals surface area (Å²) in [4.78, 5) is 8.13. The number of thiophene rings is 1. The van der Waals surface area contributed by atoms with Gasteiger partial charge in [-0.05, 0) is 6.07 Å². The summed E-state index contributed by atoms with van der Waals surface area (Å²) >= 11 is 1.20. The lowest BCUT2D eigenvalue weighted by molar-refractivity contribution is -0.137. The molecule has 3 aromatic rings. The third-order valence-electron chi connectivity index (χ3n) is 3.62. The maximum absolute atomic E-state index is 12.8. The zero-order chi connectivity index (χ0) is 17.7. The first-order valence-corrected chi connectivity index (χ1v) is 9.43. The second kappa shape index (κ2) is 5.55. The molecule has 0 N–H and O–H groups in total. The Morgan fingerprint density at radius 1 is 1.29 bits per heavy atom. The summed E-state index contributed by atoms with van der Waals surface area (Å²) < 4.78 is 64.3. The Bertz CT molecular complexity index is 1020. The summed E-state index contributed by atoms with van der Waals surface area (Å²) in [6, 6.07) is 0.909. The van der Waals surface area contributed by atoms with Crippen LogP contribution in [0.1, 0.15) is 12.5 Å². The monoisotopic (exact) mass is 375 g/mol. The van der Waals surface area contributed by atoms with Gasteiger partial charge >= 0.3 is 6.18 Å². The molecule has 0 radical (unpaired) electrons. The number of nitrogens with zero attached hydrogens (tertiary/aromatic N) is 3. The Hall–Kier alpha value is -1.94. The quantitative estimate of drug-likeness (QED) is 0.703. The van der Waals surface area contributed by atoms with Crippen LogP contribution in [0, 0.1) is 0 Å². The number of pyridine rings is 1. The Labute approximate surface area is 139 Å². The van der Waals surface area contributed by atoms with Crippen molar-refractivity contribution in [2.75, 3.05) is 5.75 Å². The van der Waals surface area contributed by atoms with E-state index in [0.717, 1.165) is 12.3 Å². The smallest absolute Gasteiger partial charge is 0.312 e. The fraction of sp³-hybridized carbons (Fsp3) is 0.286. The Morgan fingerprint density at radius 2 is 2.00 bits per heavy atom. The summed E-state index contributed by atoms with van der Waals surface area (Å²) in [6.45, 7) is 1.53. The van der Waals surface area contributed by atoms with E-state index in [1.54, 1.807) is 12.4 Å². The first-order chi connectivity index (χ1) is 11.1. The lowest BCUT2D eigenvalue weighted by Crippen LogP contribution is -2.05. The van der Waals surface area contributed by atoms with E-state index in [9.17, 15) is 21.6 Å². The van der Waals surface area contributed by atoms with Crippen molar-refractivity contribution in [1.29, 1.82) is 0 Å². The number of rotatable bonds is 3. The number of alkyl halides is 3. The van der Waals surface area contributed by atoms with E-state index < -0.39 is 21.6 Å². The highest BCUT2D eigenvalue weighted by Gasteiger charge is 2.32. The highest BCUT2D eigenvalue weighted by Crippen LogP contribution is 2.34. The molecule has 0 aliphatic carbocycles. The van der Waals surface area contributed by atoms with Crippen molar-refractivity contribution in [2.24, 2.45) is 7.05 Å². The zero-order valence-corrected chi connectivity index (χ0v) is 14.3. The lowest BCUT2D eigenvalue weighted by atomic mass is 10.2. The molecule has 0 atom stereocenters. The average molecular weight is 375 g/mol. The zero-order valence-electron chi connectivity index (χ0n) is 12.6. The van der Waals surface area contributed by atoms with Crippen LogP contribution in [0.2, 0.25) is 0 Å². The molecule has 0 bridgehead atoms. The minimum absolute atomic E-state index is 0.0633. The molecular weight excluding hydrogens is 363 g/mol. The van der Waals surface area contributed by atoms with Crippen molar-refractivity contribution in [3.63, 3.8) is 0 Å². The Kier molecular flexibility index (Phi) is 3.91. The van der Waals surface area contributed by atoms with E-state index >= 15 is 0 Å². The third-order valence-corrected chi connectivity index (χ3v) is 6.28. The molecule has 3 heterocycles. The van der Waals surface area contributed by atoms with Gasteiger partial charge in [0.2, 0.25) is 0 Å². The molecule has 5 nitrogen and oxygen atoms in total. The van der Waals surface area contributed by atoms with Crippen LogP contribution < -0.4 is 0 Å². The number of imidazole rings is 1. The Balaban J connectivity index is 2.23. The number of fused-ring (bicyclic) bond motifs is 1. The molecular formula is C14H12F3N3O2S2. The lowest BCUT2D eigenvalue weighted by Gasteiger charge is -2.05. The van der Waals surface area contributed by atoms with E-state index in [2.05, 4.69) is 9.97 Å². The number of aryl methyl sites for hydroxylation is 1. The summed E-state index contributed by atoms with van der Waals surface area (Å²) in [5, 5.41) is 3.12. The summed E-state index contributed by atoms with van der Waals surface area (Å²) in [5.74, 6) is 0.196. The van der Waals surface area contributed by atoms with Crippen molar-refractivity contribution in [3.8, 4) is 11.4 Å². The average Bonchev–Trinajstić information content (AvgIpc) is 3.11. The van der Waals surface area contributed by atoms with Gasteiger partial charge in [0.25, 0.3) is 0 Å². The van der Waals surface area contributed by atoms with Gasteiger partial charge in [-0.3, -0.25) is 0 Å². The maximum Gasteiger partial charge on any atom is 0.417 e. The van der Waals surface area contributed by atoms with Gasteiger partial charge in [0, 0.05) is 29.6 Å². The molecule has 0 fully saturated rings. The number of hydrogen-bond donors (Lipinski definition) is 0. The molecule has 10 heteroatoms. The highest BCUT2D eigenvalue weighted by atomic mass is 32.2. The van der Waals surface area contributed by atoms with E-state index in [4.69, 9.17) is 0 Å². The van der Waals surface area contributed by atoms with Gasteiger partial charge in [-0.25, -0.2) is 18.4 Å². The number of halogens is 3. The standard InChI is InChI=1S/C14H12F3N3O2S2/c1-3-24(21,22)11-7-23-6-9(11)12-19-10-4-8(14(15,16)17)5-18-13(10)20(12)2/h4-7H,3H2,1-2H3. The van der Waals surface area contributed by atoms with Gasteiger partial charge in [0.15, 0.2) is 15.5 Å². The second-order valence-corrected chi connectivity index (χ2v) is 8.10. The predicted octanol–water partition coefficient (Wildman–Crippen LogP) is 3.51. The minimum atomic E-state index is -4.52. The van der Waals surface area contributed by atoms with Crippen LogP contribution in [0.5, 0.6) is 0 Å². The summed E-state index contributed by atoms with van der Waals surface area (Å²) in [7, 11) is -1.87. The summed E-state index contributed by atoms with van der Waals surface area (Å²) in [6.07, 6.45) is -3.77. The second-order valence-electron chi connectivity index (χ2n) is 5.11. The van der Waals surface area contributed by atoms with Crippen LogP contribution in [-0.2, 0) is 23.1 Å². The van der Waals surface area contributed by atoms with Gasteiger partial charge in [0.05, 0.1) is 16.2 Å². The van der Waals surface area contributed by atoms with E-state index in [0.29, 0.717) is 5.56 Å². The van der Waals surface area contributed by atoms with Gasteiger partial charge in [-0.15, -0.1) is 0 Å². The molecule has 24 heavy (non-hydrogen) atoms. The van der Waals surface area contributed by atoms with Crippen molar-refractivity contribution < 1.29 is 21.6 Å². The van der Waals surface area contributed by atoms with Crippen molar-refractivity contribution >= 4 is 32.3 Å². The van der Waals surface area contributed by atoms with E-state index in [1.807, 2.05) is 0 Å². The molecule has 0 aliphatic heterocycles. The van der Waals surface area contributed by atoms with Crippen molar-refractivity contribution in [2.45, 2.75) is 18.0 Å². The van der Waals surface area contributed by atoms with Crippen LogP contribution in [0.3, 0.4) is 0 Å². The van der Waals surface area contributed by atoms with Crippen molar-refractivity contribution in [1.82, 2.24) is 14.5 Å². The van der Waals surface area contributed by atoms with Crippen LogP contribution in [0.25, 0.3) is 22.6 Å². The fourth-order valence-corrected chi connectivity index (χ4v) is 4.63. The number of sulfone groups is 1. The van der Waals surface area contributed by atoms with Crippen LogP contribution in [-0.4, -0.2) is 28.7 Å². The maximum atomic E-state index is 12.8. The van der Waals surface area contributed by atoms with Gasteiger partial charge in [0.1, 0.15) is 11.3 Å². The van der Waals surface area contributed by atoms with Crippen molar-refractivity contribution in [3.05, 3.63) is 28.6 Å². The van der Waals surface area contributed by atoms with E-state index in [-0.39, 0.29) is 27.6 Å². The number of aromatic nitrogens is 3. The molecule has 0 unspecified atom stereocenters. The normalized spacial score (nSPS) is 12.9. The molecule has 0 amide bonds. The molecule has 128 valence electrons. The molecule has 3 aromatic heterocycles. The highest BCUT2D eigenvalue weighted by molar-refractivity contribution is 7.91. The Morgan fingerprint density at radius 3 is 2.62 bits per heavy atom. The molecule has 0 saturated heterocycles. The molecule has 0 aliphatic rings. The molecule has 0 saturated carbocycles. The van der Waals surface area contributed by atoms with Crippen LogP contribution >= 0.6 is 11.3 Å². The van der Waals surface area contributed by atoms with Gasteiger partial charge < -0.3 is 4.57 Å². The molecule has 0 aromatic carbocycles. The molecule has 3 rings (SSSR count). The predicted molar refractivity (Wildman–Crippen MR) is 84.6 cm³/mol.